The molecule has 2 rings (SSSR count). The fourth-order valence-corrected chi connectivity index (χ4v) is 2.68. The van der Waals surface area contributed by atoms with Crippen molar-refractivity contribution in [2.24, 2.45) is 11.8 Å². The van der Waals surface area contributed by atoms with Gasteiger partial charge >= 0.3 is 0 Å². The molecule has 3 heteroatoms. The maximum atomic E-state index is 12.0. The third-order valence-electron chi connectivity index (χ3n) is 3.71. The lowest BCUT2D eigenvalue weighted by molar-refractivity contribution is -0.126. The highest BCUT2D eigenvalue weighted by Crippen LogP contribution is 2.28. The third kappa shape index (κ3) is 3.83. The maximum absolute atomic E-state index is 12.0. The van der Waals surface area contributed by atoms with Crippen LogP contribution in [0.2, 0.25) is 0 Å². The standard InChI is InChI=1S/C15H22N2O/c1-12-5-4-6-13(11-12)15(18)17-10-8-14-7-2-3-9-16-14/h2-3,7,9,12-13H,4-6,8,10-11H2,1H3,(H,17,18)/t12-,13?/m1/s1. The zero-order chi connectivity index (χ0) is 12.8. The molecule has 0 saturated heterocycles. The largest absolute Gasteiger partial charge is 0.355 e. The lowest BCUT2D eigenvalue weighted by atomic mass is 9.82. The van der Waals surface area contributed by atoms with Crippen LogP contribution in [0.15, 0.2) is 24.4 Å². The van der Waals surface area contributed by atoms with Crippen LogP contribution in [0.25, 0.3) is 0 Å². The minimum atomic E-state index is 0.234. The van der Waals surface area contributed by atoms with Gasteiger partial charge in [0.25, 0.3) is 0 Å². The summed E-state index contributed by atoms with van der Waals surface area (Å²) in [5.41, 5.74) is 1.04. The highest BCUT2D eigenvalue weighted by atomic mass is 16.1. The third-order valence-corrected chi connectivity index (χ3v) is 3.71. The quantitative estimate of drug-likeness (QED) is 0.887. The molecule has 18 heavy (non-hydrogen) atoms. The van der Waals surface area contributed by atoms with Crippen LogP contribution in [0, 0.1) is 11.8 Å². The summed E-state index contributed by atoms with van der Waals surface area (Å²) in [5, 5.41) is 3.04. The molecule has 1 aliphatic rings. The Bertz CT molecular complexity index is 377. The Morgan fingerprint density at radius 1 is 1.44 bits per heavy atom. The molecule has 98 valence electrons. The Morgan fingerprint density at radius 3 is 3.06 bits per heavy atom. The molecule has 1 fully saturated rings. The molecule has 1 unspecified atom stereocenters. The van der Waals surface area contributed by atoms with Crippen LogP contribution in [0.1, 0.15) is 38.3 Å². The summed E-state index contributed by atoms with van der Waals surface area (Å²) in [4.78, 5) is 16.3. The van der Waals surface area contributed by atoms with Crippen LogP contribution in [-0.4, -0.2) is 17.4 Å². The monoisotopic (exact) mass is 246 g/mol. The van der Waals surface area contributed by atoms with Crippen molar-refractivity contribution in [2.75, 3.05) is 6.54 Å². The van der Waals surface area contributed by atoms with E-state index >= 15 is 0 Å². The number of aromatic nitrogens is 1. The van der Waals surface area contributed by atoms with Crippen molar-refractivity contribution in [3.8, 4) is 0 Å². The molecule has 1 N–H and O–H groups in total. The normalized spacial score (nSPS) is 23.6. The summed E-state index contributed by atoms with van der Waals surface area (Å²) in [6.07, 6.45) is 7.18. The van der Waals surface area contributed by atoms with Gasteiger partial charge in [0.2, 0.25) is 5.91 Å². The zero-order valence-electron chi connectivity index (χ0n) is 11.1. The minimum absolute atomic E-state index is 0.234. The molecule has 0 bridgehead atoms. The predicted octanol–water partition coefficient (Wildman–Crippen LogP) is 2.57. The number of carbonyl (C=O) groups is 1. The smallest absolute Gasteiger partial charge is 0.223 e. The van der Waals surface area contributed by atoms with Gasteiger partial charge in [0.05, 0.1) is 0 Å². The SMILES string of the molecule is C[C@@H]1CCCC(C(=O)NCCc2ccccn2)C1. The Labute approximate surface area is 109 Å². The molecular formula is C15H22N2O. The van der Waals surface area contributed by atoms with Crippen LogP contribution in [0.3, 0.4) is 0 Å². The van der Waals surface area contributed by atoms with E-state index in [2.05, 4.69) is 17.2 Å². The van der Waals surface area contributed by atoms with E-state index in [9.17, 15) is 4.79 Å². The first-order valence-corrected chi connectivity index (χ1v) is 6.93. The molecule has 1 aromatic heterocycles. The van der Waals surface area contributed by atoms with E-state index in [-0.39, 0.29) is 11.8 Å². The second-order valence-corrected chi connectivity index (χ2v) is 5.33. The van der Waals surface area contributed by atoms with E-state index in [4.69, 9.17) is 0 Å². The minimum Gasteiger partial charge on any atom is -0.355 e. The fraction of sp³-hybridized carbons (Fsp3) is 0.600. The lowest BCUT2D eigenvalue weighted by Crippen LogP contribution is -2.34. The molecule has 0 spiro atoms. The van der Waals surface area contributed by atoms with Crippen LogP contribution < -0.4 is 5.32 Å². The first-order chi connectivity index (χ1) is 8.75. The number of hydrogen-bond acceptors (Lipinski definition) is 2. The molecule has 1 aliphatic carbocycles. The number of hydrogen-bond donors (Lipinski definition) is 1. The van der Waals surface area contributed by atoms with Crippen molar-refractivity contribution in [1.82, 2.24) is 10.3 Å². The van der Waals surface area contributed by atoms with Crippen LogP contribution in [0.4, 0.5) is 0 Å². The lowest BCUT2D eigenvalue weighted by Gasteiger charge is -2.25. The van der Waals surface area contributed by atoms with Gasteiger partial charge < -0.3 is 5.32 Å². The van der Waals surface area contributed by atoms with Gasteiger partial charge in [-0.15, -0.1) is 0 Å². The molecule has 0 radical (unpaired) electrons. The Balaban J connectivity index is 1.71. The van der Waals surface area contributed by atoms with Crippen molar-refractivity contribution >= 4 is 5.91 Å². The van der Waals surface area contributed by atoms with Gasteiger partial charge in [-0.2, -0.15) is 0 Å². The highest BCUT2D eigenvalue weighted by molar-refractivity contribution is 5.78. The van der Waals surface area contributed by atoms with Gasteiger partial charge in [0, 0.05) is 30.8 Å². The van der Waals surface area contributed by atoms with Gasteiger partial charge in [-0.1, -0.05) is 25.8 Å². The van der Waals surface area contributed by atoms with Gasteiger partial charge in [-0.3, -0.25) is 9.78 Å². The fourth-order valence-electron chi connectivity index (χ4n) is 2.68. The zero-order valence-corrected chi connectivity index (χ0v) is 11.1. The van der Waals surface area contributed by atoms with Gasteiger partial charge in [-0.25, -0.2) is 0 Å². The number of rotatable bonds is 4. The van der Waals surface area contributed by atoms with Crippen molar-refractivity contribution in [2.45, 2.75) is 39.0 Å². The summed E-state index contributed by atoms with van der Waals surface area (Å²) < 4.78 is 0. The van der Waals surface area contributed by atoms with Crippen molar-refractivity contribution in [1.29, 1.82) is 0 Å². The summed E-state index contributed by atoms with van der Waals surface area (Å²) in [5.74, 6) is 1.17. The van der Waals surface area contributed by atoms with E-state index in [1.54, 1.807) is 6.20 Å². The molecule has 1 heterocycles. The van der Waals surface area contributed by atoms with E-state index in [1.807, 2.05) is 18.2 Å². The second-order valence-electron chi connectivity index (χ2n) is 5.33. The molecular weight excluding hydrogens is 224 g/mol. The van der Waals surface area contributed by atoms with E-state index in [1.165, 1.54) is 12.8 Å². The Morgan fingerprint density at radius 2 is 2.33 bits per heavy atom. The Hall–Kier alpha value is -1.38. The molecule has 3 nitrogen and oxygen atoms in total. The second kappa shape index (κ2) is 6.53. The van der Waals surface area contributed by atoms with Crippen LogP contribution in [0.5, 0.6) is 0 Å². The van der Waals surface area contributed by atoms with Crippen molar-refractivity contribution < 1.29 is 4.79 Å². The molecule has 1 amide bonds. The average molecular weight is 246 g/mol. The van der Waals surface area contributed by atoms with E-state index < -0.39 is 0 Å². The topological polar surface area (TPSA) is 42.0 Å². The van der Waals surface area contributed by atoms with Crippen LogP contribution in [-0.2, 0) is 11.2 Å². The highest BCUT2D eigenvalue weighted by Gasteiger charge is 2.24. The van der Waals surface area contributed by atoms with Crippen LogP contribution >= 0.6 is 0 Å². The molecule has 0 aliphatic heterocycles. The maximum Gasteiger partial charge on any atom is 0.223 e. The Kier molecular flexibility index (Phi) is 4.73. The summed E-state index contributed by atoms with van der Waals surface area (Å²) >= 11 is 0. The van der Waals surface area contributed by atoms with Crippen molar-refractivity contribution in [3.05, 3.63) is 30.1 Å². The van der Waals surface area contributed by atoms with Gasteiger partial charge in [0.15, 0.2) is 0 Å². The molecule has 0 aromatic carbocycles. The number of amides is 1. The van der Waals surface area contributed by atoms with E-state index in [0.717, 1.165) is 25.0 Å². The molecule has 2 atom stereocenters. The number of pyridine rings is 1. The summed E-state index contributed by atoms with van der Waals surface area (Å²) in [7, 11) is 0. The average Bonchev–Trinajstić information content (AvgIpc) is 2.40. The predicted molar refractivity (Wildman–Crippen MR) is 72.1 cm³/mol. The molecule has 1 aromatic rings. The molecule has 1 saturated carbocycles. The van der Waals surface area contributed by atoms with Gasteiger partial charge in [-0.05, 0) is 30.9 Å². The summed E-state index contributed by atoms with van der Waals surface area (Å²) in [6, 6.07) is 5.88. The van der Waals surface area contributed by atoms with Gasteiger partial charge in [0.1, 0.15) is 0 Å². The first kappa shape index (κ1) is 13.1. The van der Waals surface area contributed by atoms with E-state index in [0.29, 0.717) is 12.5 Å². The number of carbonyl (C=O) groups excluding carboxylic acids is 1. The summed E-state index contributed by atoms with van der Waals surface area (Å²) in [6.45, 7) is 2.94. The number of nitrogens with one attached hydrogen (secondary N) is 1. The van der Waals surface area contributed by atoms with Crippen molar-refractivity contribution in [3.63, 3.8) is 0 Å². The number of nitrogens with zero attached hydrogens (tertiary/aromatic N) is 1. The first-order valence-electron chi connectivity index (χ1n) is 6.93.